The molecule has 0 aromatic rings. The first-order valence-electron chi connectivity index (χ1n) is 5.54. The number of amides is 1. The van der Waals surface area contributed by atoms with Crippen LogP contribution in [0.3, 0.4) is 0 Å². The Kier molecular flexibility index (Phi) is 2.51. The third-order valence-corrected chi connectivity index (χ3v) is 3.25. The van der Waals surface area contributed by atoms with Gasteiger partial charge in [0, 0.05) is 17.5 Å². The number of hydrogen-bond donors (Lipinski definition) is 1. The highest BCUT2D eigenvalue weighted by Crippen LogP contribution is 2.32. The van der Waals surface area contributed by atoms with Gasteiger partial charge in [-0.25, -0.2) is 0 Å². The molecule has 0 saturated carbocycles. The molecule has 1 unspecified atom stereocenters. The molecule has 0 bridgehead atoms. The molecule has 2 heteroatoms. The predicted octanol–water partition coefficient (Wildman–Crippen LogP) is 2.69. The largest absolute Gasteiger partial charge is 0.326 e. The molecule has 0 aromatic heterocycles. The van der Waals surface area contributed by atoms with E-state index in [2.05, 4.69) is 43.5 Å². The van der Waals surface area contributed by atoms with Gasteiger partial charge in [-0.05, 0) is 18.4 Å². The minimum Gasteiger partial charge on any atom is -0.326 e. The number of carbonyl (C=O) groups excluding carboxylic acids is 1. The van der Waals surface area contributed by atoms with Gasteiger partial charge in [-0.2, -0.15) is 0 Å². The van der Waals surface area contributed by atoms with Crippen LogP contribution in [0.1, 0.15) is 33.1 Å². The van der Waals surface area contributed by atoms with Gasteiger partial charge in [-0.1, -0.05) is 38.2 Å². The minimum absolute atomic E-state index is 0.0677. The summed E-state index contributed by atoms with van der Waals surface area (Å²) in [7, 11) is 0. The molecule has 1 N–H and O–H groups in total. The van der Waals surface area contributed by atoms with Crippen LogP contribution in [0.15, 0.2) is 35.6 Å². The van der Waals surface area contributed by atoms with Crippen LogP contribution >= 0.6 is 0 Å². The van der Waals surface area contributed by atoms with Crippen molar-refractivity contribution in [3.05, 3.63) is 35.6 Å². The number of nitrogens with one attached hydrogen (secondary N) is 1. The third-order valence-electron chi connectivity index (χ3n) is 3.25. The van der Waals surface area contributed by atoms with Gasteiger partial charge in [0.25, 0.3) is 0 Å². The van der Waals surface area contributed by atoms with Gasteiger partial charge >= 0.3 is 0 Å². The molecular formula is C13H17NO. The second-order valence-electron chi connectivity index (χ2n) is 4.52. The van der Waals surface area contributed by atoms with Crippen LogP contribution < -0.4 is 5.32 Å². The van der Waals surface area contributed by atoms with Crippen molar-refractivity contribution in [1.82, 2.24) is 5.32 Å². The fraction of sp³-hybridized carbons (Fsp3) is 0.462. The quantitative estimate of drug-likeness (QED) is 0.697. The second-order valence-corrected chi connectivity index (χ2v) is 4.52. The average molecular weight is 203 g/mol. The lowest BCUT2D eigenvalue weighted by Gasteiger charge is -2.24. The van der Waals surface area contributed by atoms with Crippen LogP contribution in [0.25, 0.3) is 0 Å². The molecule has 1 amide bonds. The van der Waals surface area contributed by atoms with E-state index >= 15 is 0 Å². The van der Waals surface area contributed by atoms with Gasteiger partial charge < -0.3 is 5.32 Å². The van der Waals surface area contributed by atoms with E-state index in [1.165, 1.54) is 5.57 Å². The van der Waals surface area contributed by atoms with E-state index < -0.39 is 0 Å². The Morgan fingerprint density at radius 1 is 1.47 bits per heavy atom. The molecule has 2 nitrogen and oxygen atoms in total. The molecule has 0 radical (unpaired) electrons. The lowest BCUT2D eigenvalue weighted by Crippen LogP contribution is -2.29. The third kappa shape index (κ3) is 2.04. The Hall–Kier alpha value is -1.31. The maximum absolute atomic E-state index is 11.3. The van der Waals surface area contributed by atoms with Crippen molar-refractivity contribution in [3.8, 4) is 0 Å². The lowest BCUT2D eigenvalue weighted by atomic mass is 9.86. The highest BCUT2D eigenvalue weighted by molar-refractivity contribution is 5.81. The molecule has 0 spiro atoms. The molecule has 80 valence electrons. The standard InChI is InChI=1S/C13H17NO/c1-3-13(2)8-4-5-10-6-7-12(15)14-11(10)9-13/h4-5,8-9H,3,6-7H2,1-2H3,(H,14,15). The van der Waals surface area contributed by atoms with Crippen molar-refractivity contribution in [3.63, 3.8) is 0 Å². The van der Waals surface area contributed by atoms with E-state index in [-0.39, 0.29) is 11.3 Å². The molecule has 1 aliphatic heterocycles. The van der Waals surface area contributed by atoms with Crippen molar-refractivity contribution in [2.75, 3.05) is 0 Å². The summed E-state index contributed by atoms with van der Waals surface area (Å²) in [6.45, 7) is 4.35. The average Bonchev–Trinajstić information content (AvgIpc) is 2.36. The number of fused-ring (bicyclic) bond motifs is 1. The maximum Gasteiger partial charge on any atom is 0.224 e. The van der Waals surface area contributed by atoms with E-state index in [4.69, 9.17) is 0 Å². The Bertz CT molecular complexity index is 376. The van der Waals surface area contributed by atoms with Crippen LogP contribution in [-0.4, -0.2) is 5.91 Å². The molecule has 0 aromatic carbocycles. The molecule has 1 saturated heterocycles. The first-order chi connectivity index (χ1) is 7.13. The predicted molar refractivity (Wildman–Crippen MR) is 61.1 cm³/mol. The van der Waals surface area contributed by atoms with Gasteiger partial charge in [0.2, 0.25) is 5.91 Å². The van der Waals surface area contributed by atoms with Gasteiger partial charge in [-0.15, -0.1) is 0 Å². The van der Waals surface area contributed by atoms with E-state index in [1.54, 1.807) is 0 Å². The zero-order chi connectivity index (χ0) is 10.9. The number of piperidine rings is 1. The summed E-state index contributed by atoms with van der Waals surface area (Å²) in [5, 5.41) is 2.96. The van der Waals surface area contributed by atoms with Crippen LogP contribution in [0.4, 0.5) is 0 Å². The topological polar surface area (TPSA) is 29.1 Å². The van der Waals surface area contributed by atoms with Crippen LogP contribution in [0, 0.1) is 5.41 Å². The fourth-order valence-corrected chi connectivity index (χ4v) is 1.96. The Morgan fingerprint density at radius 2 is 2.27 bits per heavy atom. The normalized spacial score (nSPS) is 29.9. The van der Waals surface area contributed by atoms with Gasteiger partial charge in [0.15, 0.2) is 0 Å². The fourth-order valence-electron chi connectivity index (χ4n) is 1.96. The van der Waals surface area contributed by atoms with Crippen molar-refractivity contribution in [2.45, 2.75) is 33.1 Å². The molecule has 1 aliphatic carbocycles. The number of rotatable bonds is 1. The summed E-state index contributed by atoms with van der Waals surface area (Å²) in [5.74, 6) is 0.138. The van der Waals surface area contributed by atoms with E-state index in [0.29, 0.717) is 6.42 Å². The zero-order valence-corrected chi connectivity index (χ0v) is 9.34. The van der Waals surface area contributed by atoms with Crippen molar-refractivity contribution < 1.29 is 4.79 Å². The second kappa shape index (κ2) is 3.69. The molecule has 1 heterocycles. The Labute approximate surface area is 90.7 Å². The molecule has 1 atom stereocenters. The van der Waals surface area contributed by atoms with Crippen LogP contribution in [0.5, 0.6) is 0 Å². The minimum atomic E-state index is 0.0677. The summed E-state index contributed by atoms with van der Waals surface area (Å²) < 4.78 is 0. The SMILES string of the molecule is CCC1(C)C=CC=C2CCC(=O)NC2=C1. The number of carbonyl (C=O) groups is 1. The lowest BCUT2D eigenvalue weighted by molar-refractivity contribution is -0.120. The molecule has 2 rings (SSSR count). The summed E-state index contributed by atoms with van der Waals surface area (Å²) in [4.78, 5) is 11.3. The van der Waals surface area contributed by atoms with Crippen LogP contribution in [0.2, 0.25) is 0 Å². The van der Waals surface area contributed by atoms with E-state index in [0.717, 1.165) is 18.5 Å². The smallest absolute Gasteiger partial charge is 0.224 e. The summed E-state index contributed by atoms with van der Waals surface area (Å²) in [5.41, 5.74) is 2.33. The van der Waals surface area contributed by atoms with E-state index in [1.807, 2.05) is 0 Å². The Morgan fingerprint density at radius 3 is 3.00 bits per heavy atom. The Balaban J connectivity index is 2.36. The summed E-state index contributed by atoms with van der Waals surface area (Å²) in [6, 6.07) is 0. The zero-order valence-electron chi connectivity index (χ0n) is 9.34. The van der Waals surface area contributed by atoms with Crippen LogP contribution in [-0.2, 0) is 4.79 Å². The van der Waals surface area contributed by atoms with E-state index in [9.17, 15) is 4.79 Å². The summed E-state index contributed by atoms with van der Waals surface area (Å²) in [6.07, 6.45) is 11.1. The molecule has 2 aliphatic rings. The number of allylic oxidation sites excluding steroid dienone is 5. The molecular weight excluding hydrogens is 186 g/mol. The number of hydrogen-bond acceptors (Lipinski definition) is 1. The molecule has 1 fully saturated rings. The van der Waals surface area contributed by atoms with Crippen molar-refractivity contribution in [1.29, 1.82) is 0 Å². The maximum atomic E-state index is 11.3. The van der Waals surface area contributed by atoms with Gasteiger partial charge in [0.05, 0.1) is 0 Å². The van der Waals surface area contributed by atoms with Crippen molar-refractivity contribution in [2.24, 2.45) is 5.41 Å². The van der Waals surface area contributed by atoms with Gasteiger partial charge in [0.1, 0.15) is 0 Å². The first kappa shape index (κ1) is 10.2. The molecule has 15 heavy (non-hydrogen) atoms. The monoisotopic (exact) mass is 203 g/mol. The van der Waals surface area contributed by atoms with Crippen molar-refractivity contribution >= 4 is 5.91 Å². The first-order valence-corrected chi connectivity index (χ1v) is 5.54. The highest BCUT2D eigenvalue weighted by Gasteiger charge is 2.23. The highest BCUT2D eigenvalue weighted by atomic mass is 16.1. The van der Waals surface area contributed by atoms with Gasteiger partial charge in [-0.3, -0.25) is 4.79 Å². The summed E-state index contributed by atoms with van der Waals surface area (Å²) >= 11 is 0.